The Morgan fingerprint density at radius 3 is 2.35 bits per heavy atom. The third-order valence-electron chi connectivity index (χ3n) is 2.71. The van der Waals surface area contributed by atoms with Gasteiger partial charge in [-0.1, -0.05) is 46.3 Å². The van der Waals surface area contributed by atoms with Gasteiger partial charge in [-0.2, -0.15) is 0 Å². The average molecular weight is 299 g/mol. The van der Waals surface area contributed by atoms with Gasteiger partial charge in [0.1, 0.15) is 6.61 Å². The van der Waals surface area contributed by atoms with Crippen LogP contribution in [0.15, 0.2) is 30.3 Å². The van der Waals surface area contributed by atoms with E-state index in [0.29, 0.717) is 0 Å². The van der Waals surface area contributed by atoms with Crippen molar-refractivity contribution in [2.75, 3.05) is 11.9 Å². The molecule has 1 aromatic carbocycles. The van der Waals surface area contributed by atoms with E-state index in [1.54, 1.807) is 6.92 Å². The average Bonchev–Trinajstić information content (AvgIpc) is 2.36. The SMILES string of the molecule is CC(=O)OCC(C)(C(=O)CBr)c1ccccc1. The van der Waals surface area contributed by atoms with E-state index in [9.17, 15) is 9.59 Å². The highest BCUT2D eigenvalue weighted by Crippen LogP contribution is 2.26. The second kappa shape index (κ2) is 5.96. The summed E-state index contributed by atoms with van der Waals surface area (Å²) in [5, 5.41) is 0.236. The van der Waals surface area contributed by atoms with Gasteiger partial charge in [0.05, 0.1) is 10.7 Å². The number of alkyl halides is 1. The fraction of sp³-hybridized carbons (Fsp3) is 0.385. The lowest BCUT2D eigenvalue weighted by Gasteiger charge is -2.27. The van der Waals surface area contributed by atoms with Crippen LogP contribution in [0.2, 0.25) is 0 Å². The first-order valence-corrected chi connectivity index (χ1v) is 6.41. The van der Waals surface area contributed by atoms with Crippen molar-refractivity contribution in [2.24, 2.45) is 0 Å². The van der Waals surface area contributed by atoms with Crippen LogP contribution in [0.1, 0.15) is 19.4 Å². The Morgan fingerprint density at radius 1 is 1.29 bits per heavy atom. The number of ether oxygens (including phenoxy) is 1. The van der Waals surface area contributed by atoms with Crippen molar-refractivity contribution in [3.63, 3.8) is 0 Å². The number of hydrogen-bond acceptors (Lipinski definition) is 3. The third kappa shape index (κ3) is 3.40. The van der Waals surface area contributed by atoms with Crippen molar-refractivity contribution in [3.05, 3.63) is 35.9 Å². The summed E-state index contributed by atoms with van der Waals surface area (Å²) in [5.41, 5.74) is 0.0573. The lowest BCUT2D eigenvalue weighted by molar-refractivity contribution is -0.144. The van der Waals surface area contributed by atoms with Gasteiger partial charge in [-0.25, -0.2) is 0 Å². The highest BCUT2D eigenvalue weighted by atomic mass is 79.9. The van der Waals surface area contributed by atoms with Gasteiger partial charge in [-0.15, -0.1) is 0 Å². The molecule has 0 aliphatic carbocycles. The van der Waals surface area contributed by atoms with Crippen molar-refractivity contribution in [1.82, 2.24) is 0 Å². The summed E-state index contributed by atoms with van der Waals surface area (Å²) in [6, 6.07) is 9.34. The normalized spacial score (nSPS) is 13.8. The second-order valence-electron chi connectivity index (χ2n) is 4.04. The molecule has 0 aliphatic rings. The molecule has 0 bridgehead atoms. The summed E-state index contributed by atoms with van der Waals surface area (Å²) in [6.07, 6.45) is 0. The van der Waals surface area contributed by atoms with E-state index in [2.05, 4.69) is 15.9 Å². The zero-order chi connectivity index (χ0) is 12.9. The highest BCUT2D eigenvalue weighted by molar-refractivity contribution is 9.09. The van der Waals surface area contributed by atoms with Crippen molar-refractivity contribution in [1.29, 1.82) is 0 Å². The molecule has 0 N–H and O–H groups in total. The van der Waals surface area contributed by atoms with Gasteiger partial charge in [-0.3, -0.25) is 9.59 Å². The maximum atomic E-state index is 12.0. The zero-order valence-corrected chi connectivity index (χ0v) is 11.5. The van der Waals surface area contributed by atoms with Crippen LogP contribution in [0, 0.1) is 0 Å². The summed E-state index contributed by atoms with van der Waals surface area (Å²) >= 11 is 3.16. The quantitative estimate of drug-likeness (QED) is 0.619. The van der Waals surface area contributed by atoms with Crippen LogP contribution in [-0.2, 0) is 19.7 Å². The Balaban J connectivity index is 3.02. The fourth-order valence-corrected chi connectivity index (χ4v) is 2.14. The number of Topliss-reactive ketones (excluding diaryl/α,β-unsaturated/α-hetero) is 1. The van der Waals surface area contributed by atoms with Crippen LogP contribution in [0.25, 0.3) is 0 Å². The standard InChI is InChI=1S/C13H15BrO3/c1-10(15)17-9-13(2,12(16)8-14)11-6-4-3-5-7-11/h3-7H,8-9H2,1-2H3. The number of carbonyl (C=O) groups excluding carboxylic acids is 2. The Labute approximate surface area is 109 Å². The Hall–Kier alpha value is -1.16. The molecular formula is C13H15BrO3. The predicted octanol–water partition coefficient (Wildman–Crippen LogP) is 2.47. The first-order chi connectivity index (χ1) is 8.00. The summed E-state index contributed by atoms with van der Waals surface area (Å²) in [4.78, 5) is 22.9. The molecule has 0 spiro atoms. The number of hydrogen-bond donors (Lipinski definition) is 0. The first-order valence-electron chi connectivity index (χ1n) is 5.29. The first kappa shape index (κ1) is 13.9. The van der Waals surface area contributed by atoms with Crippen LogP contribution in [0.5, 0.6) is 0 Å². The van der Waals surface area contributed by atoms with E-state index in [1.165, 1.54) is 6.92 Å². The fourth-order valence-electron chi connectivity index (χ4n) is 1.52. The van der Waals surface area contributed by atoms with Crippen molar-refractivity contribution in [2.45, 2.75) is 19.3 Å². The van der Waals surface area contributed by atoms with Gasteiger partial charge in [-0.05, 0) is 12.5 Å². The van der Waals surface area contributed by atoms with E-state index in [0.717, 1.165) is 5.56 Å². The van der Waals surface area contributed by atoms with E-state index in [1.807, 2.05) is 30.3 Å². The molecule has 4 heteroatoms. The van der Waals surface area contributed by atoms with E-state index in [4.69, 9.17) is 4.74 Å². The number of benzene rings is 1. The summed E-state index contributed by atoms with van der Waals surface area (Å²) in [7, 11) is 0. The molecular weight excluding hydrogens is 284 g/mol. The molecule has 0 radical (unpaired) electrons. The van der Waals surface area contributed by atoms with Crippen molar-refractivity contribution >= 4 is 27.7 Å². The van der Waals surface area contributed by atoms with Gasteiger partial charge in [0.15, 0.2) is 5.78 Å². The van der Waals surface area contributed by atoms with Crippen molar-refractivity contribution < 1.29 is 14.3 Å². The minimum Gasteiger partial charge on any atom is -0.464 e. The third-order valence-corrected chi connectivity index (χ3v) is 3.22. The number of rotatable bonds is 5. The Kier molecular flexibility index (Phi) is 4.87. The molecule has 1 unspecified atom stereocenters. The summed E-state index contributed by atoms with van der Waals surface area (Å²) < 4.78 is 5.00. The van der Waals surface area contributed by atoms with Gasteiger partial charge in [0.2, 0.25) is 0 Å². The monoisotopic (exact) mass is 298 g/mol. The molecule has 17 heavy (non-hydrogen) atoms. The van der Waals surface area contributed by atoms with Crippen LogP contribution in [-0.4, -0.2) is 23.7 Å². The van der Waals surface area contributed by atoms with Crippen LogP contribution < -0.4 is 0 Å². The molecule has 0 amide bonds. The van der Waals surface area contributed by atoms with E-state index in [-0.39, 0.29) is 23.7 Å². The minimum atomic E-state index is -0.795. The molecule has 1 aromatic rings. The van der Waals surface area contributed by atoms with Gasteiger partial charge in [0.25, 0.3) is 0 Å². The minimum absolute atomic E-state index is 0.00931. The molecule has 0 heterocycles. The summed E-state index contributed by atoms with van der Waals surface area (Å²) in [5.74, 6) is -0.389. The molecule has 0 saturated carbocycles. The highest BCUT2D eigenvalue weighted by Gasteiger charge is 2.35. The number of esters is 1. The van der Waals surface area contributed by atoms with Crippen LogP contribution in [0.3, 0.4) is 0 Å². The molecule has 0 fully saturated rings. The Morgan fingerprint density at radius 2 is 1.88 bits per heavy atom. The number of carbonyl (C=O) groups is 2. The largest absolute Gasteiger partial charge is 0.464 e. The summed E-state index contributed by atoms with van der Waals surface area (Å²) in [6.45, 7) is 3.19. The lowest BCUT2D eigenvalue weighted by Crippen LogP contribution is -2.39. The van der Waals surface area contributed by atoms with Crippen LogP contribution >= 0.6 is 15.9 Å². The smallest absolute Gasteiger partial charge is 0.302 e. The molecule has 0 aliphatic heterocycles. The molecule has 92 valence electrons. The van der Waals surface area contributed by atoms with Crippen LogP contribution in [0.4, 0.5) is 0 Å². The second-order valence-corrected chi connectivity index (χ2v) is 4.60. The lowest BCUT2D eigenvalue weighted by atomic mass is 9.80. The molecule has 0 aromatic heterocycles. The maximum Gasteiger partial charge on any atom is 0.302 e. The van der Waals surface area contributed by atoms with E-state index >= 15 is 0 Å². The van der Waals surface area contributed by atoms with Gasteiger partial charge in [0, 0.05) is 6.92 Å². The van der Waals surface area contributed by atoms with Crippen molar-refractivity contribution in [3.8, 4) is 0 Å². The number of ketones is 1. The number of halogens is 1. The zero-order valence-electron chi connectivity index (χ0n) is 9.90. The van der Waals surface area contributed by atoms with Gasteiger partial charge < -0.3 is 4.74 Å². The molecule has 3 nitrogen and oxygen atoms in total. The predicted molar refractivity (Wildman–Crippen MR) is 69.2 cm³/mol. The Bertz CT molecular complexity index is 402. The topological polar surface area (TPSA) is 43.4 Å². The molecule has 1 rings (SSSR count). The van der Waals surface area contributed by atoms with Gasteiger partial charge >= 0.3 is 5.97 Å². The maximum absolute atomic E-state index is 12.0. The molecule has 0 saturated heterocycles. The van der Waals surface area contributed by atoms with E-state index < -0.39 is 5.41 Å². The molecule has 1 atom stereocenters.